The number of hydrogen-bond donors (Lipinski definition) is 1. The summed E-state index contributed by atoms with van der Waals surface area (Å²) in [6, 6.07) is 36.1. The summed E-state index contributed by atoms with van der Waals surface area (Å²) in [6.07, 6.45) is 7.16. The van der Waals surface area contributed by atoms with Gasteiger partial charge in [0.2, 0.25) is 0 Å². The fraction of sp³-hybridized carbons (Fsp3) is 0.244. The Morgan fingerprint density at radius 1 is 0.636 bits per heavy atom. The minimum absolute atomic E-state index is 0.0907. The molecule has 0 saturated heterocycles. The molecular formula is C45H44N4O5S. The van der Waals surface area contributed by atoms with Gasteiger partial charge in [-0.15, -0.1) is 0 Å². The largest absolute Gasteiger partial charge is 0.453 e. The second-order valence-electron chi connectivity index (χ2n) is 14.0. The van der Waals surface area contributed by atoms with Crippen molar-refractivity contribution in [1.29, 1.82) is 0 Å². The third kappa shape index (κ3) is 6.29. The van der Waals surface area contributed by atoms with Crippen LogP contribution in [0.25, 0.3) is 22.5 Å². The van der Waals surface area contributed by atoms with Gasteiger partial charge in [-0.2, -0.15) is 8.42 Å². The first-order valence-electron chi connectivity index (χ1n) is 19.1. The van der Waals surface area contributed by atoms with Gasteiger partial charge in [-0.3, -0.25) is 24.3 Å². The van der Waals surface area contributed by atoms with Crippen LogP contribution in [0.5, 0.6) is 23.0 Å². The molecule has 0 amide bonds. The normalized spacial score (nSPS) is 14.1. The van der Waals surface area contributed by atoms with Crippen LogP contribution in [0.2, 0.25) is 0 Å². The van der Waals surface area contributed by atoms with Crippen molar-refractivity contribution in [3.8, 4) is 45.5 Å². The van der Waals surface area contributed by atoms with Crippen molar-refractivity contribution >= 4 is 32.9 Å². The van der Waals surface area contributed by atoms with E-state index in [2.05, 4.69) is 18.8 Å². The van der Waals surface area contributed by atoms with Gasteiger partial charge < -0.3 is 9.47 Å². The van der Waals surface area contributed by atoms with E-state index in [1.807, 2.05) is 115 Å². The fourth-order valence-electron chi connectivity index (χ4n) is 7.85. The van der Waals surface area contributed by atoms with E-state index in [9.17, 15) is 4.55 Å². The predicted octanol–water partition coefficient (Wildman–Crippen LogP) is 11.6. The Morgan fingerprint density at radius 2 is 1.24 bits per heavy atom. The van der Waals surface area contributed by atoms with Gasteiger partial charge in [-0.05, 0) is 91.9 Å². The Balaban J connectivity index is 1.49. The molecule has 0 spiro atoms. The number of fused-ring (bicyclic) bond motifs is 4. The topological polar surface area (TPSA) is 105 Å². The van der Waals surface area contributed by atoms with E-state index in [-0.39, 0.29) is 6.42 Å². The Bertz CT molecular complexity index is 2470. The molecule has 0 radical (unpaired) electrons. The van der Waals surface area contributed by atoms with Crippen LogP contribution in [0.1, 0.15) is 64.1 Å². The molecule has 10 heteroatoms. The van der Waals surface area contributed by atoms with Crippen LogP contribution in [0.15, 0.2) is 121 Å². The molecule has 280 valence electrons. The maximum atomic E-state index is 15.0. The average Bonchev–Trinajstić information content (AvgIpc) is 3.21. The van der Waals surface area contributed by atoms with E-state index >= 15 is 8.42 Å². The zero-order valence-corrected chi connectivity index (χ0v) is 32.1. The lowest BCUT2D eigenvalue weighted by molar-refractivity contribution is 0.394. The molecule has 1 unspecified atom stereocenters. The number of para-hydroxylation sites is 4. The fourth-order valence-corrected chi connectivity index (χ4v) is 9.06. The molecule has 4 aromatic carbocycles. The van der Waals surface area contributed by atoms with Crippen molar-refractivity contribution in [2.45, 2.75) is 70.7 Å². The maximum Gasteiger partial charge on any atom is 0.309 e. The number of nitrogens with zero attached hydrogens (tertiary/aromatic N) is 4. The van der Waals surface area contributed by atoms with E-state index in [0.29, 0.717) is 68.3 Å². The number of pyridine rings is 2. The standard InChI is InChI=1S/C45H44N4O5S/c1-4-7-16-31-27-28-40-38(30-31)49(44-34(20-15-26-42(44)54-40)36-22-13-18-32(47-36)17-8-5-2)45(6-3,55(50,51)52)48-37-23-9-10-24-39(37)53-41-25-14-19-33(43(41)48)35-21-11-12-29-46-35/h9-15,18-30H,4-8,16-17H2,1-3H3,(H,50,51,52). The Kier molecular flexibility index (Phi) is 9.79. The molecule has 8 rings (SSSR count). The van der Waals surface area contributed by atoms with Gasteiger partial charge in [0.15, 0.2) is 23.0 Å². The third-order valence-corrected chi connectivity index (χ3v) is 11.9. The number of anilines is 4. The van der Waals surface area contributed by atoms with Crippen molar-refractivity contribution in [3.63, 3.8) is 0 Å². The Labute approximate surface area is 323 Å². The van der Waals surface area contributed by atoms with Gasteiger partial charge in [0.1, 0.15) is 0 Å². The minimum atomic E-state index is -5.09. The van der Waals surface area contributed by atoms with Crippen LogP contribution in [0.3, 0.4) is 0 Å². The summed E-state index contributed by atoms with van der Waals surface area (Å²) in [4.78, 5) is 11.1. The molecule has 2 aliphatic heterocycles. The molecule has 1 N–H and O–H groups in total. The maximum absolute atomic E-state index is 15.0. The van der Waals surface area contributed by atoms with Crippen LogP contribution < -0.4 is 19.3 Å². The van der Waals surface area contributed by atoms with Crippen molar-refractivity contribution in [1.82, 2.24) is 9.97 Å². The number of aromatic nitrogens is 2. The average molecular weight is 753 g/mol. The van der Waals surface area contributed by atoms with E-state index in [4.69, 9.17) is 14.5 Å². The Hall–Kier alpha value is -5.71. The van der Waals surface area contributed by atoms with E-state index in [1.165, 1.54) is 0 Å². The second-order valence-corrected chi connectivity index (χ2v) is 15.6. The van der Waals surface area contributed by atoms with Crippen LogP contribution in [-0.2, 0) is 23.0 Å². The molecular weight excluding hydrogens is 709 g/mol. The lowest BCUT2D eigenvalue weighted by Crippen LogP contribution is -2.63. The Morgan fingerprint density at radius 3 is 1.91 bits per heavy atom. The predicted molar refractivity (Wildman–Crippen MR) is 218 cm³/mol. The molecule has 2 aromatic heterocycles. The number of benzene rings is 4. The van der Waals surface area contributed by atoms with Crippen LogP contribution in [0, 0.1) is 0 Å². The summed E-state index contributed by atoms with van der Waals surface area (Å²) in [7, 11) is -5.09. The lowest BCUT2D eigenvalue weighted by atomic mass is 9.98. The summed E-state index contributed by atoms with van der Waals surface area (Å²) in [5.74, 6) is 1.77. The molecule has 0 saturated carbocycles. The SMILES string of the molecule is CCCCc1ccc2c(c1)N(C(CC)(N1c3ccccc3Oc3cccc(-c4ccccn4)c31)S(=O)(=O)O)c1c(cccc1-c1cccc(CCCC)n1)O2. The molecule has 0 aliphatic carbocycles. The highest BCUT2D eigenvalue weighted by Gasteiger charge is 2.58. The van der Waals surface area contributed by atoms with Gasteiger partial charge in [0.25, 0.3) is 4.99 Å². The summed E-state index contributed by atoms with van der Waals surface area (Å²) in [5, 5.41) is 0. The van der Waals surface area contributed by atoms with Gasteiger partial charge >= 0.3 is 10.1 Å². The molecule has 1 atom stereocenters. The van der Waals surface area contributed by atoms with E-state index < -0.39 is 15.1 Å². The smallest absolute Gasteiger partial charge is 0.309 e. The first-order chi connectivity index (χ1) is 26.8. The first kappa shape index (κ1) is 36.3. The third-order valence-electron chi connectivity index (χ3n) is 10.5. The van der Waals surface area contributed by atoms with E-state index in [1.54, 1.807) is 22.9 Å². The van der Waals surface area contributed by atoms with Crippen molar-refractivity contribution in [2.75, 3.05) is 9.80 Å². The van der Waals surface area contributed by atoms with Crippen LogP contribution in [-0.4, -0.2) is 27.9 Å². The van der Waals surface area contributed by atoms with Gasteiger partial charge in [-0.25, -0.2) is 0 Å². The highest BCUT2D eigenvalue weighted by atomic mass is 32.2. The first-order valence-corrected chi connectivity index (χ1v) is 20.5. The molecule has 9 nitrogen and oxygen atoms in total. The molecule has 0 bridgehead atoms. The van der Waals surface area contributed by atoms with Gasteiger partial charge in [-0.1, -0.05) is 88.2 Å². The highest BCUT2D eigenvalue weighted by molar-refractivity contribution is 7.87. The number of unbranched alkanes of at least 4 members (excludes halogenated alkanes) is 2. The molecule has 55 heavy (non-hydrogen) atoms. The summed E-state index contributed by atoms with van der Waals surface area (Å²) in [6.45, 7) is 6.08. The van der Waals surface area contributed by atoms with E-state index in [0.717, 1.165) is 49.8 Å². The van der Waals surface area contributed by atoms with Crippen molar-refractivity contribution in [2.24, 2.45) is 0 Å². The van der Waals surface area contributed by atoms with Crippen LogP contribution >= 0.6 is 0 Å². The minimum Gasteiger partial charge on any atom is -0.453 e. The molecule has 6 aromatic rings. The van der Waals surface area contributed by atoms with Gasteiger partial charge in [0.05, 0.1) is 34.1 Å². The summed E-state index contributed by atoms with van der Waals surface area (Å²) in [5.41, 5.74) is 6.45. The number of aryl methyl sites for hydroxylation is 2. The zero-order chi connectivity index (χ0) is 38.2. The monoisotopic (exact) mass is 752 g/mol. The number of hydrogen-bond acceptors (Lipinski definition) is 8. The highest BCUT2D eigenvalue weighted by Crippen LogP contribution is 2.61. The van der Waals surface area contributed by atoms with Crippen LogP contribution in [0.4, 0.5) is 22.7 Å². The summed E-state index contributed by atoms with van der Waals surface area (Å²) >= 11 is 0. The quantitative estimate of drug-likeness (QED) is 0.122. The molecule has 2 aliphatic rings. The van der Waals surface area contributed by atoms with Gasteiger partial charge in [0, 0.05) is 29.4 Å². The number of rotatable bonds is 12. The molecule has 4 heterocycles. The second kappa shape index (κ2) is 14.8. The zero-order valence-electron chi connectivity index (χ0n) is 31.3. The van der Waals surface area contributed by atoms with Crippen molar-refractivity contribution < 1.29 is 22.4 Å². The lowest BCUT2D eigenvalue weighted by Gasteiger charge is -2.53. The van der Waals surface area contributed by atoms with Crippen molar-refractivity contribution in [3.05, 3.63) is 133 Å². The number of ether oxygens (including phenoxy) is 2. The summed E-state index contributed by atoms with van der Waals surface area (Å²) < 4.78 is 55.4. The molecule has 0 fully saturated rings.